The lowest BCUT2D eigenvalue weighted by Crippen LogP contribution is -2.48. The van der Waals surface area contributed by atoms with Gasteiger partial charge in [-0.05, 0) is 35.2 Å². The van der Waals surface area contributed by atoms with Crippen molar-refractivity contribution in [3.05, 3.63) is 186 Å². The van der Waals surface area contributed by atoms with Crippen LogP contribution in [-0.4, -0.2) is 233 Å². The van der Waals surface area contributed by atoms with Crippen LogP contribution in [0.4, 0.5) is 19.0 Å². The van der Waals surface area contributed by atoms with Crippen molar-refractivity contribution < 1.29 is 77.3 Å². The minimum Gasteiger partial charge on any atom is -0.393 e. The molecule has 660 valence electrons. The fourth-order valence-corrected chi connectivity index (χ4v) is 18.1. The van der Waals surface area contributed by atoms with E-state index in [0.717, 1.165) is 32.2 Å². The van der Waals surface area contributed by atoms with Gasteiger partial charge < -0.3 is 69.9 Å². The van der Waals surface area contributed by atoms with Crippen molar-refractivity contribution in [2.24, 2.45) is 17.8 Å². The molecule has 0 aliphatic carbocycles. The van der Waals surface area contributed by atoms with E-state index in [9.17, 15) is 102 Å². The zero-order chi connectivity index (χ0) is 88.7. The Kier molecular flexibility index (Phi) is 35.0. The fraction of sp³-hybridized carbons (Fsp3) is 0.636. The number of nitrogens with one attached hydrogen (secondary N) is 5. The van der Waals surface area contributed by atoms with Gasteiger partial charge in [0.25, 0.3) is 27.8 Å². The summed E-state index contributed by atoms with van der Waals surface area (Å²) in [5.74, 6) is -3.64. The third kappa shape index (κ3) is 20.0. The molecule has 6 aromatic rings. The maximum atomic E-state index is 13.4. The normalized spacial score (nSPS) is 33.1. The van der Waals surface area contributed by atoms with E-state index >= 15 is 0 Å². The summed E-state index contributed by atoms with van der Waals surface area (Å²) in [6.45, 7) is 9.05. The van der Waals surface area contributed by atoms with Crippen LogP contribution >= 0.6 is 144 Å². The number of rotatable bonds is 18. The highest BCUT2D eigenvalue weighted by Crippen LogP contribution is 2.50. The lowest BCUT2D eigenvalue weighted by Gasteiger charge is -2.29. The molecule has 52 heteroatoms. The summed E-state index contributed by atoms with van der Waals surface area (Å²) < 4.78 is 80.1. The van der Waals surface area contributed by atoms with Gasteiger partial charge in [-0.15, -0.1) is 128 Å². The van der Waals surface area contributed by atoms with Gasteiger partial charge in [-0.1, -0.05) is 41.5 Å². The number of anilines is 1. The van der Waals surface area contributed by atoms with E-state index < -0.39 is 228 Å². The molecule has 12 rings (SSSR count). The molecule has 118 heavy (non-hydrogen) atoms. The molecule has 14 N–H and O–H groups in total. The van der Waals surface area contributed by atoms with E-state index in [1.54, 1.807) is 4.98 Å². The monoisotopic (exact) mass is 1960 g/mol. The number of ether oxygens (including phenoxy) is 6. The van der Waals surface area contributed by atoms with E-state index in [-0.39, 0.29) is 45.2 Å². The molecule has 0 spiro atoms. The molecule has 6 saturated heterocycles. The number of hydrogen-bond donors (Lipinski definition) is 13. The van der Waals surface area contributed by atoms with Crippen LogP contribution in [0.15, 0.2) is 107 Å². The number of aromatic amines is 5. The van der Waals surface area contributed by atoms with E-state index in [1.165, 1.54) is 33.8 Å². The van der Waals surface area contributed by atoms with E-state index in [4.69, 9.17) is 162 Å². The highest BCUT2D eigenvalue weighted by Gasteiger charge is 2.59. The van der Waals surface area contributed by atoms with Crippen LogP contribution in [-0.2, 0) is 28.4 Å². The minimum atomic E-state index is -1.65. The van der Waals surface area contributed by atoms with Crippen LogP contribution in [0, 0.1) is 35.2 Å². The van der Waals surface area contributed by atoms with Gasteiger partial charge in [-0.3, -0.25) is 76.3 Å². The summed E-state index contributed by atoms with van der Waals surface area (Å²) >= 11 is 69.5. The number of aliphatic hydroxyl groups is 7. The summed E-state index contributed by atoms with van der Waals surface area (Å²) in [5.41, 5.74) is -9.58. The van der Waals surface area contributed by atoms with Crippen LogP contribution in [0.1, 0.15) is 98.2 Å². The fourth-order valence-electron chi connectivity index (χ4n) is 13.3. The van der Waals surface area contributed by atoms with Gasteiger partial charge in [0, 0.05) is 48.5 Å². The number of H-pyrrole nitrogens is 5. The van der Waals surface area contributed by atoms with E-state index in [2.05, 4.69) is 30.9 Å². The molecule has 0 unspecified atom stereocenters. The smallest absolute Gasteiger partial charge is 0.351 e. The minimum absolute atomic E-state index is 0.000458. The van der Waals surface area contributed by atoms with Crippen molar-refractivity contribution in [1.82, 2.24) is 57.3 Å². The maximum Gasteiger partial charge on any atom is 0.351 e. The standard InChI is InChI=1S/C12H15BrCl2N2O3.C12H15Cl2FN2O3.C12H16Cl2N2O3.C10H12Cl2FN3O4.C10H11Cl2FN2O5.C10H13ClN2O6/c1-3-12(5-14)6(2)8(15)10(20-12)17-4-7(13)9(18)16-11(17)19;1-3-12(5-13)6(2)8(14)10(20-12)17-4-7(15)9(18)16-11(17)19;1-3-12(6-13)7(2)9(14)10(19-12)16-5-4-8(17)15-11(16)18;11-2-10(3-17)6(18)5(12)8(20-10)16-1-4(13)7(14)15-9(16)19;11-2-10(3-16)6(17)5(12)8(20-10)15-1-4(13)7(18)14-9(15)19;11-6-7(17)10(3-14,4-15)19-8(6)13-2-1-5(16)12-9(13)18/h2*4,6,8,10H,3,5H2,1-2H3,(H,16,18,19);4-5,7,9-10H,3,6H2,1-2H3,(H,15,17,18);1,5-6,8,17-18H,2-3H2,(H2,14,15,19);1,5-6,8,16-17H,2-3H2,(H,14,18,19);1-2,6-8,14-15,17H,3-4H2,(H,12,16,18)/t2*6-,8+,10+,12-;7-,9+,10+,12-;2*5-,6+,8-,10-;6-,7+,8-/m000111/s1. The van der Waals surface area contributed by atoms with Gasteiger partial charge in [0.15, 0.2) is 49.0 Å². The quantitative estimate of drug-likeness (QED) is 0.0549. The average Bonchev–Trinajstić information content (AvgIpc) is 1.65. The Hall–Kier alpha value is -4.98. The number of nitrogens with zero attached hydrogens (tertiary/aromatic N) is 7. The zero-order valence-electron chi connectivity index (χ0n) is 62.4. The van der Waals surface area contributed by atoms with Gasteiger partial charge in [0.05, 0.1) is 112 Å². The van der Waals surface area contributed by atoms with Crippen LogP contribution in [0.25, 0.3) is 0 Å². The summed E-state index contributed by atoms with van der Waals surface area (Å²) in [6.07, 6.45) is -1.69. The first-order valence-electron chi connectivity index (χ1n) is 35.2. The van der Waals surface area contributed by atoms with E-state index in [0.29, 0.717) is 41.8 Å². The molecule has 6 aliphatic heterocycles. The Morgan fingerprint density at radius 2 is 0.669 bits per heavy atom. The van der Waals surface area contributed by atoms with Gasteiger partial charge >= 0.3 is 34.1 Å². The topological polar surface area (TPSA) is 532 Å². The Bertz CT molecular complexity index is 4800. The third-order valence-corrected chi connectivity index (χ3v) is 27.2. The SMILES string of the molecule is CC[C@@]1(CCl)O[C@@H](n2cc(Br)c(=O)[nH]c2=O)[C@H](Cl)[C@@H]1C.CC[C@@]1(CCl)O[C@@H](n2cc(F)c(=O)[nH]c2=O)[C@H](Cl)[C@@H]1C.CC[C@@]1(CCl)O[C@@H](n2ccc(=O)[nH]c2=O)[C@H](Cl)[C@@H]1C.Nc1nc(=O)n([C@@H]2O[C@@](CO)(CCl)[C@@H](O)[C@H]2Cl)cc1F.O=c1[nH]c(=O)n([C@@H]2O[C@@](CO)(CCl)[C@@H](O)[C@H]2Cl)cc1F.O=c1ccn([C@@H]2OC(CO)(CO)[C@@H](O)[C@H]2Cl)c(=O)[nH]1. The largest absolute Gasteiger partial charge is 0.393 e. The second kappa shape index (κ2) is 41.2. The molecule has 0 aromatic carbocycles. The molecular weight excluding hydrogens is 1890 g/mol. The van der Waals surface area contributed by atoms with Crippen molar-refractivity contribution >= 4 is 149 Å². The predicted octanol–water partition coefficient (Wildman–Crippen LogP) is 2.32. The number of halogens is 15. The predicted molar refractivity (Wildman–Crippen MR) is 430 cm³/mol. The Morgan fingerprint density at radius 3 is 0.966 bits per heavy atom. The number of alkyl halides is 11. The van der Waals surface area contributed by atoms with Crippen molar-refractivity contribution in [2.75, 3.05) is 61.6 Å². The van der Waals surface area contributed by atoms with Crippen LogP contribution in [0.2, 0.25) is 0 Å². The van der Waals surface area contributed by atoms with Crippen LogP contribution < -0.4 is 67.7 Å². The van der Waals surface area contributed by atoms with Crippen molar-refractivity contribution in [3.63, 3.8) is 0 Å². The highest BCUT2D eigenvalue weighted by molar-refractivity contribution is 9.10. The van der Waals surface area contributed by atoms with Crippen molar-refractivity contribution in [3.8, 4) is 0 Å². The molecule has 6 fully saturated rings. The lowest BCUT2D eigenvalue weighted by molar-refractivity contribution is -0.150. The molecule has 37 nitrogen and oxygen atoms in total. The molecule has 0 amide bonds. The van der Waals surface area contributed by atoms with Gasteiger partial charge in [-0.25, -0.2) is 33.2 Å². The lowest BCUT2D eigenvalue weighted by atomic mass is 9.88. The number of nitrogens with two attached hydrogens (primary N) is 1. The summed E-state index contributed by atoms with van der Waals surface area (Å²) in [6, 6.07) is 2.37. The van der Waals surface area contributed by atoms with Crippen molar-refractivity contribution in [1.29, 1.82) is 0 Å². The molecule has 12 heterocycles. The first kappa shape index (κ1) is 100. The second-order valence-corrected chi connectivity index (χ2v) is 33.0. The van der Waals surface area contributed by atoms with Gasteiger partial charge in [0.1, 0.15) is 51.2 Å². The molecule has 6 aromatic heterocycles. The van der Waals surface area contributed by atoms with Crippen LogP contribution in [0.5, 0.6) is 0 Å². The van der Waals surface area contributed by atoms with Gasteiger partial charge in [0.2, 0.25) is 11.6 Å². The molecule has 23 atom stereocenters. The van der Waals surface area contributed by atoms with E-state index in [1.807, 2.05) is 51.5 Å². The molecule has 0 radical (unpaired) electrons. The Labute approximate surface area is 726 Å². The zero-order valence-corrected chi connectivity index (χ0v) is 72.3. The first-order valence-corrected chi connectivity index (χ1v) is 41.3. The Balaban J connectivity index is 0.000000195. The summed E-state index contributed by atoms with van der Waals surface area (Å²) in [5, 5.41) is 62.3. The summed E-state index contributed by atoms with van der Waals surface area (Å²) in [4.78, 5) is 139. The Morgan fingerprint density at radius 1 is 0.407 bits per heavy atom. The van der Waals surface area contributed by atoms with Crippen molar-refractivity contribution in [2.45, 2.75) is 182 Å². The number of aromatic nitrogens is 12. The molecular formula is C66H82BrCl11F3N13O24. The number of hydrogen-bond acceptors (Lipinski definition) is 26. The van der Waals surface area contributed by atoms with Crippen LogP contribution in [0.3, 0.4) is 0 Å². The number of nitrogen functional groups attached to an aromatic ring is 1. The number of aliphatic hydroxyl groups excluding tert-OH is 7. The highest BCUT2D eigenvalue weighted by atomic mass is 79.9. The molecule has 0 saturated carbocycles. The first-order chi connectivity index (χ1) is 55.3. The summed E-state index contributed by atoms with van der Waals surface area (Å²) in [7, 11) is 0. The third-order valence-electron chi connectivity index (χ3n) is 21.3. The molecule has 6 aliphatic rings. The van der Waals surface area contributed by atoms with Gasteiger partial charge in [-0.2, -0.15) is 13.8 Å². The molecule has 0 bridgehead atoms. The maximum absolute atomic E-state index is 13.4. The average molecular weight is 1970 g/mol. The second-order valence-electron chi connectivity index (χ2n) is 27.8.